The summed E-state index contributed by atoms with van der Waals surface area (Å²) in [7, 11) is 0. The zero-order chi connectivity index (χ0) is 23.9. The molecule has 4 rings (SSSR count). The van der Waals surface area contributed by atoms with Gasteiger partial charge in [0.1, 0.15) is 0 Å². The van der Waals surface area contributed by atoms with Crippen LogP contribution in [0.4, 0.5) is 5.13 Å². The highest BCUT2D eigenvalue weighted by molar-refractivity contribution is 7.16. The van der Waals surface area contributed by atoms with Crippen LogP contribution in [-0.2, 0) is 11.2 Å². The van der Waals surface area contributed by atoms with Crippen molar-refractivity contribution in [2.45, 2.75) is 65.9 Å². The normalized spacial score (nSPS) is 29.6. The van der Waals surface area contributed by atoms with Gasteiger partial charge >= 0.3 is 0 Å². The van der Waals surface area contributed by atoms with E-state index in [2.05, 4.69) is 19.2 Å². The van der Waals surface area contributed by atoms with Crippen LogP contribution in [0.5, 0.6) is 0 Å². The maximum Gasteiger partial charge on any atom is 0.267 e. The molecule has 6 nitrogen and oxygen atoms in total. The van der Waals surface area contributed by atoms with Gasteiger partial charge < -0.3 is 10.0 Å². The predicted octanol–water partition coefficient (Wildman–Crippen LogP) is 5.01. The second-order valence-electron chi connectivity index (χ2n) is 9.90. The molecular formula is C25H35N3O3S2. The Bertz CT molecular complexity index is 1000. The van der Waals surface area contributed by atoms with Crippen LogP contribution in [0, 0.1) is 23.2 Å². The molecule has 2 heterocycles. The number of hydrogen-bond donors (Lipinski definition) is 2. The standard InChI is InChI=1S/C25H35N3O3S2/c1-6-28(7-2)23(31)14(3)16-10-11-25(5)13-18-20(15(4)19(25)21(16)29)26-24(33-18)27-22(30)17-9-8-12-32-17/h8-9,12,14-16,19,21,29H,6-7,10-11,13H2,1-5H3,(H,26,27,30)/t14-,15-,16?,19+,21-,25-/m0/s1. The third kappa shape index (κ3) is 4.37. The van der Waals surface area contributed by atoms with E-state index in [9.17, 15) is 14.7 Å². The van der Waals surface area contributed by atoms with Gasteiger partial charge in [-0.25, -0.2) is 4.98 Å². The zero-order valence-electron chi connectivity index (χ0n) is 20.1. The Balaban J connectivity index is 1.56. The van der Waals surface area contributed by atoms with Gasteiger partial charge in [0.25, 0.3) is 5.91 Å². The molecule has 8 heteroatoms. The van der Waals surface area contributed by atoms with E-state index in [1.54, 1.807) is 11.3 Å². The third-order valence-corrected chi connectivity index (χ3v) is 9.85. The molecule has 1 unspecified atom stereocenters. The van der Waals surface area contributed by atoms with Crippen molar-refractivity contribution in [1.82, 2.24) is 9.88 Å². The van der Waals surface area contributed by atoms with Crippen LogP contribution in [0.1, 0.15) is 73.6 Å². The molecular weight excluding hydrogens is 454 g/mol. The van der Waals surface area contributed by atoms with Crippen LogP contribution in [0.25, 0.3) is 0 Å². The number of thiazole rings is 1. The number of thiophene rings is 1. The van der Waals surface area contributed by atoms with Crippen molar-refractivity contribution in [3.63, 3.8) is 0 Å². The van der Waals surface area contributed by atoms with Crippen LogP contribution in [0.2, 0.25) is 0 Å². The number of rotatable bonds is 6. The van der Waals surface area contributed by atoms with Crippen molar-refractivity contribution < 1.29 is 14.7 Å². The first-order chi connectivity index (χ1) is 15.7. The number of carbonyl (C=O) groups is 2. The summed E-state index contributed by atoms with van der Waals surface area (Å²) in [6, 6.07) is 3.67. The largest absolute Gasteiger partial charge is 0.392 e. The average molecular weight is 490 g/mol. The quantitative estimate of drug-likeness (QED) is 0.597. The first-order valence-electron chi connectivity index (χ1n) is 12.0. The van der Waals surface area contributed by atoms with Gasteiger partial charge in [-0.2, -0.15) is 0 Å². The van der Waals surface area contributed by atoms with Crippen LogP contribution in [-0.4, -0.2) is 46.0 Å². The molecule has 0 saturated heterocycles. The lowest BCUT2D eigenvalue weighted by Crippen LogP contribution is -2.53. The van der Waals surface area contributed by atoms with Gasteiger partial charge in [-0.3, -0.25) is 14.9 Å². The maximum absolute atomic E-state index is 13.0. The molecule has 33 heavy (non-hydrogen) atoms. The zero-order valence-corrected chi connectivity index (χ0v) is 21.8. The Morgan fingerprint density at radius 2 is 2.09 bits per heavy atom. The molecule has 0 bridgehead atoms. The summed E-state index contributed by atoms with van der Waals surface area (Å²) < 4.78 is 0. The van der Waals surface area contributed by atoms with Crippen LogP contribution < -0.4 is 5.32 Å². The minimum Gasteiger partial charge on any atom is -0.392 e. The fourth-order valence-electron chi connectivity index (χ4n) is 6.17. The van der Waals surface area contributed by atoms with Gasteiger partial charge in [0.05, 0.1) is 16.7 Å². The molecule has 6 atom stereocenters. The van der Waals surface area contributed by atoms with Crippen molar-refractivity contribution in [2.24, 2.45) is 23.2 Å². The van der Waals surface area contributed by atoms with E-state index in [4.69, 9.17) is 4.98 Å². The highest BCUT2D eigenvalue weighted by Gasteiger charge is 2.54. The van der Waals surface area contributed by atoms with E-state index in [1.165, 1.54) is 16.2 Å². The monoisotopic (exact) mass is 489 g/mol. The summed E-state index contributed by atoms with van der Waals surface area (Å²) in [5.74, 6) is -0.124. The molecule has 2 N–H and O–H groups in total. The lowest BCUT2D eigenvalue weighted by Gasteiger charge is -2.53. The molecule has 1 saturated carbocycles. The van der Waals surface area contributed by atoms with Gasteiger partial charge in [-0.15, -0.1) is 22.7 Å². The van der Waals surface area contributed by atoms with E-state index in [0.29, 0.717) is 23.1 Å². The lowest BCUT2D eigenvalue weighted by molar-refractivity contribution is -0.144. The van der Waals surface area contributed by atoms with Gasteiger partial charge in [0.15, 0.2) is 5.13 Å². The second-order valence-corrected chi connectivity index (χ2v) is 11.9. The molecule has 0 aromatic carbocycles. The van der Waals surface area contributed by atoms with Gasteiger partial charge in [0.2, 0.25) is 5.91 Å². The Kier molecular flexibility index (Phi) is 6.99. The fraction of sp³-hybridized carbons (Fsp3) is 0.640. The van der Waals surface area contributed by atoms with Crippen molar-refractivity contribution >= 4 is 39.6 Å². The van der Waals surface area contributed by atoms with E-state index in [1.807, 2.05) is 43.2 Å². The number of aromatic nitrogens is 1. The topological polar surface area (TPSA) is 82.5 Å². The summed E-state index contributed by atoms with van der Waals surface area (Å²) in [5, 5.41) is 17.1. The Labute approximate surface area is 204 Å². The molecule has 2 aromatic rings. The van der Waals surface area contributed by atoms with Crippen LogP contribution >= 0.6 is 22.7 Å². The number of nitrogens with zero attached hydrogens (tertiary/aromatic N) is 2. The fourth-order valence-corrected chi connectivity index (χ4v) is 8.05. The summed E-state index contributed by atoms with van der Waals surface area (Å²) in [6.07, 6.45) is 2.14. The number of amides is 2. The smallest absolute Gasteiger partial charge is 0.267 e. The molecule has 0 aliphatic heterocycles. The molecule has 2 aliphatic rings. The number of aliphatic hydroxyl groups excluding tert-OH is 1. The molecule has 1 fully saturated rings. The average Bonchev–Trinajstić information content (AvgIpc) is 3.44. The number of hydrogen-bond acceptors (Lipinski definition) is 6. The highest BCUT2D eigenvalue weighted by atomic mass is 32.1. The maximum atomic E-state index is 13.0. The lowest BCUT2D eigenvalue weighted by atomic mass is 9.53. The number of aliphatic hydroxyl groups is 1. The minimum absolute atomic E-state index is 0.0398. The number of carbonyl (C=O) groups excluding carboxylic acids is 2. The Hall–Kier alpha value is -1.77. The van der Waals surface area contributed by atoms with E-state index in [0.717, 1.165) is 25.0 Å². The Morgan fingerprint density at radius 3 is 2.73 bits per heavy atom. The summed E-state index contributed by atoms with van der Waals surface area (Å²) in [6.45, 7) is 11.8. The van der Waals surface area contributed by atoms with Crippen molar-refractivity contribution in [2.75, 3.05) is 18.4 Å². The van der Waals surface area contributed by atoms with Crippen LogP contribution in [0.3, 0.4) is 0 Å². The minimum atomic E-state index is -0.549. The second kappa shape index (κ2) is 9.47. The van der Waals surface area contributed by atoms with Gasteiger partial charge in [0, 0.05) is 29.8 Å². The van der Waals surface area contributed by atoms with Crippen molar-refractivity contribution in [3.05, 3.63) is 33.0 Å². The molecule has 2 aliphatic carbocycles. The first-order valence-corrected chi connectivity index (χ1v) is 13.7. The van der Waals surface area contributed by atoms with E-state index < -0.39 is 6.10 Å². The predicted molar refractivity (Wildman–Crippen MR) is 134 cm³/mol. The third-order valence-electron chi connectivity index (χ3n) is 7.99. The molecule has 0 radical (unpaired) electrons. The summed E-state index contributed by atoms with van der Waals surface area (Å²) in [5.41, 5.74) is 0.952. The number of anilines is 1. The van der Waals surface area contributed by atoms with Crippen LogP contribution in [0.15, 0.2) is 17.5 Å². The van der Waals surface area contributed by atoms with E-state index in [-0.39, 0.29) is 40.9 Å². The molecule has 2 amide bonds. The van der Waals surface area contributed by atoms with Gasteiger partial charge in [-0.05, 0) is 61.8 Å². The van der Waals surface area contributed by atoms with Gasteiger partial charge in [-0.1, -0.05) is 26.8 Å². The summed E-state index contributed by atoms with van der Waals surface area (Å²) in [4.78, 5) is 34.1. The molecule has 2 aromatic heterocycles. The van der Waals surface area contributed by atoms with E-state index >= 15 is 0 Å². The molecule has 0 spiro atoms. The summed E-state index contributed by atoms with van der Waals surface area (Å²) >= 11 is 2.97. The number of fused-ring (bicyclic) bond motifs is 2. The first kappa shape index (κ1) is 24.4. The SMILES string of the molecule is CCN(CC)C(=O)[C@@H](C)C1CC[C@@]2(C)Cc3sc(NC(=O)c4cccs4)nc3[C@@H](C)[C@@H]2[C@H]1O. The Morgan fingerprint density at radius 1 is 1.36 bits per heavy atom. The molecule has 180 valence electrons. The van der Waals surface area contributed by atoms with Crippen molar-refractivity contribution in [3.8, 4) is 0 Å². The highest BCUT2D eigenvalue weighted by Crippen LogP contribution is 2.57. The number of nitrogens with one attached hydrogen (secondary N) is 1. The van der Waals surface area contributed by atoms with Crippen molar-refractivity contribution in [1.29, 1.82) is 0 Å².